The van der Waals surface area contributed by atoms with Crippen LogP contribution in [0.5, 0.6) is 11.5 Å². The molecule has 0 N–H and O–H groups in total. The van der Waals surface area contributed by atoms with Crippen LogP contribution in [0.4, 0.5) is 5.69 Å². The highest BCUT2D eigenvalue weighted by Gasteiger charge is 2.34. The Morgan fingerprint density at radius 3 is 2.48 bits per heavy atom. The van der Waals surface area contributed by atoms with Crippen LogP contribution < -0.4 is 14.4 Å². The molecule has 1 aliphatic rings. The lowest BCUT2D eigenvalue weighted by Gasteiger charge is -2.18. The normalized spacial score (nSPS) is 15.8. The highest BCUT2D eigenvalue weighted by Crippen LogP contribution is 2.34. The third kappa shape index (κ3) is 4.42. The fraction of sp³-hybridized carbons (Fsp3) is 0.259. The molecule has 0 bridgehead atoms. The number of nitrogens with zero attached hydrogens (tertiary/aromatic N) is 3. The van der Waals surface area contributed by atoms with Gasteiger partial charge in [-0.05, 0) is 55.0 Å². The molecule has 2 heterocycles. The average molecular weight is 442 g/mol. The minimum atomic E-state index is 0.0436. The fourth-order valence-electron chi connectivity index (χ4n) is 4.46. The molecule has 6 heteroatoms. The van der Waals surface area contributed by atoms with Gasteiger partial charge in [-0.3, -0.25) is 4.79 Å². The maximum Gasteiger partial charge on any atom is 0.227 e. The van der Waals surface area contributed by atoms with Gasteiger partial charge >= 0.3 is 0 Å². The number of imidazole rings is 1. The summed E-state index contributed by atoms with van der Waals surface area (Å²) in [7, 11) is 1.64. The van der Waals surface area contributed by atoms with E-state index >= 15 is 0 Å². The van der Waals surface area contributed by atoms with Gasteiger partial charge in [-0.2, -0.15) is 0 Å². The monoisotopic (exact) mass is 441 g/mol. The van der Waals surface area contributed by atoms with Gasteiger partial charge < -0.3 is 18.9 Å². The van der Waals surface area contributed by atoms with Crippen LogP contribution in [0.1, 0.15) is 24.6 Å². The first-order valence-corrected chi connectivity index (χ1v) is 11.3. The summed E-state index contributed by atoms with van der Waals surface area (Å²) >= 11 is 0. The van der Waals surface area contributed by atoms with Gasteiger partial charge in [-0.25, -0.2) is 4.98 Å². The van der Waals surface area contributed by atoms with Crippen LogP contribution in [0.25, 0.3) is 11.0 Å². The van der Waals surface area contributed by atoms with E-state index in [9.17, 15) is 4.79 Å². The van der Waals surface area contributed by atoms with Crippen molar-refractivity contribution in [1.29, 1.82) is 0 Å². The van der Waals surface area contributed by atoms with Gasteiger partial charge in [0.1, 0.15) is 17.3 Å². The number of aromatic nitrogens is 2. The highest BCUT2D eigenvalue weighted by atomic mass is 16.5. The fourth-order valence-corrected chi connectivity index (χ4v) is 4.46. The van der Waals surface area contributed by atoms with Crippen molar-refractivity contribution in [3.63, 3.8) is 0 Å². The van der Waals surface area contributed by atoms with E-state index in [0.717, 1.165) is 47.0 Å². The predicted molar refractivity (Wildman–Crippen MR) is 129 cm³/mol. The van der Waals surface area contributed by atoms with E-state index in [1.54, 1.807) is 7.11 Å². The summed E-state index contributed by atoms with van der Waals surface area (Å²) in [4.78, 5) is 19.7. The molecule has 3 aromatic carbocycles. The first-order chi connectivity index (χ1) is 16.2. The van der Waals surface area contributed by atoms with Crippen LogP contribution >= 0.6 is 0 Å². The number of carbonyl (C=O) groups is 1. The molecule has 0 spiro atoms. The molecule has 168 valence electrons. The zero-order chi connectivity index (χ0) is 22.6. The standard InChI is InChI=1S/C27H27N3O3/c1-32-22-14-12-21(13-15-22)30-19-20(18-26(30)31)27-28-24-10-5-6-11-25(24)29(27)16-7-17-33-23-8-3-2-4-9-23/h2-6,8-15,20H,7,16-19H2,1H3/t20-/m0/s1. The minimum Gasteiger partial charge on any atom is -0.497 e. The Kier molecular flexibility index (Phi) is 5.98. The Morgan fingerprint density at radius 1 is 0.939 bits per heavy atom. The number of carbonyl (C=O) groups excluding carboxylic acids is 1. The van der Waals surface area contributed by atoms with Crippen LogP contribution in [-0.2, 0) is 11.3 Å². The number of fused-ring (bicyclic) bond motifs is 1. The molecule has 0 radical (unpaired) electrons. The van der Waals surface area contributed by atoms with E-state index < -0.39 is 0 Å². The number of aryl methyl sites for hydroxylation is 1. The van der Waals surface area contributed by atoms with Crippen molar-refractivity contribution in [2.45, 2.75) is 25.3 Å². The second-order valence-electron chi connectivity index (χ2n) is 8.23. The zero-order valence-corrected chi connectivity index (χ0v) is 18.7. The van der Waals surface area contributed by atoms with Crippen LogP contribution in [0.3, 0.4) is 0 Å². The zero-order valence-electron chi connectivity index (χ0n) is 18.7. The molecule has 0 aliphatic carbocycles. The summed E-state index contributed by atoms with van der Waals surface area (Å²) in [6.07, 6.45) is 1.31. The number of benzene rings is 3. The quantitative estimate of drug-likeness (QED) is 0.360. The molecule has 5 rings (SSSR count). The van der Waals surface area contributed by atoms with Crippen molar-refractivity contribution in [2.75, 3.05) is 25.2 Å². The first kappa shape index (κ1) is 21.1. The van der Waals surface area contributed by atoms with Gasteiger partial charge in [0.15, 0.2) is 0 Å². The molecule has 33 heavy (non-hydrogen) atoms. The van der Waals surface area contributed by atoms with E-state index in [-0.39, 0.29) is 11.8 Å². The Labute approximate surface area is 193 Å². The van der Waals surface area contributed by atoms with Crippen molar-refractivity contribution >= 4 is 22.6 Å². The summed E-state index contributed by atoms with van der Waals surface area (Å²) in [5.74, 6) is 2.80. The number of ether oxygens (including phenoxy) is 2. The van der Waals surface area contributed by atoms with Gasteiger partial charge in [-0.15, -0.1) is 0 Å². The minimum absolute atomic E-state index is 0.0436. The number of hydrogen-bond donors (Lipinski definition) is 0. The van der Waals surface area contributed by atoms with E-state index in [4.69, 9.17) is 14.5 Å². The number of hydrogen-bond acceptors (Lipinski definition) is 4. The number of rotatable bonds is 8. The Bertz CT molecular complexity index is 1230. The summed E-state index contributed by atoms with van der Waals surface area (Å²) in [6.45, 7) is 2.03. The maximum absolute atomic E-state index is 12.9. The van der Waals surface area contributed by atoms with Crippen LogP contribution in [-0.4, -0.2) is 35.7 Å². The average Bonchev–Trinajstić information content (AvgIpc) is 3.43. The Balaban J connectivity index is 1.34. The molecule has 0 saturated carbocycles. The van der Waals surface area contributed by atoms with Crippen LogP contribution in [0, 0.1) is 0 Å². The van der Waals surface area contributed by atoms with Crippen molar-refractivity contribution in [2.24, 2.45) is 0 Å². The van der Waals surface area contributed by atoms with E-state index in [1.807, 2.05) is 77.7 Å². The van der Waals surface area contributed by atoms with E-state index in [0.29, 0.717) is 19.6 Å². The molecular weight excluding hydrogens is 414 g/mol. The van der Waals surface area contributed by atoms with Crippen molar-refractivity contribution in [3.05, 3.63) is 84.7 Å². The second kappa shape index (κ2) is 9.36. The Hall–Kier alpha value is -3.80. The van der Waals surface area contributed by atoms with Crippen molar-refractivity contribution in [3.8, 4) is 11.5 Å². The molecule has 1 fully saturated rings. The summed E-state index contributed by atoms with van der Waals surface area (Å²) in [6, 6.07) is 25.7. The molecule has 4 aromatic rings. The van der Waals surface area contributed by atoms with Crippen molar-refractivity contribution in [1.82, 2.24) is 9.55 Å². The molecule has 1 saturated heterocycles. The van der Waals surface area contributed by atoms with Gasteiger partial charge in [0.2, 0.25) is 5.91 Å². The first-order valence-electron chi connectivity index (χ1n) is 11.3. The topological polar surface area (TPSA) is 56.6 Å². The summed E-state index contributed by atoms with van der Waals surface area (Å²) in [5.41, 5.74) is 2.96. The summed E-state index contributed by atoms with van der Waals surface area (Å²) < 4.78 is 13.4. The molecule has 1 aromatic heterocycles. The second-order valence-corrected chi connectivity index (χ2v) is 8.23. The molecule has 0 unspecified atom stereocenters. The van der Waals surface area contributed by atoms with Gasteiger partial charge in [-0.1, -0.05) is 30.3 Å². The summed E-state index contributed by atoms with van der Waals surface area (Å²) in [5, 5.41) is 0. The molecule has 1 aliphatic heterocycles. The highest BCUT2D eigenvalue weighted by molar-refractivity contribution is 5.96. The molecule has 6 nitrogen and oxygen atoms in total. The van der Waals surface area contributed by atoms with Gasteiger partial charge in [0.05, 0.1) is 24.8 Å². The molecular formula is C27H27N3O3. The Morgan fingerprint density at radius 2 is 1.70 bits per heavy atom. The SMILES string of the molecule is COc1ccc(N2C[C@@H](c3nc4ccccc4n3CCCOc3ccccc3)CC2=O)cc1. The number of methoxy groups -OCH3 is 1. The van der Waals surface area contributed by atoms with Crippen molar-refractivity contribution < 1.29 is 14.3 Å². The third-order valence-corrected chi connectivity index (χ3v) is 6.10. The van der Waals surface area contributed by atoms with E-state index in [2.05, 4.69) is 10.6 Å². The third-order valence-electron chi connectivity index (χ3n) is 6.10. The smallest absolute Gasteiger partial charge is 0.227 e. The largest absolute Gasteiger partial charge is 0.497 e. The van der Waals surface area contributed by atoms with Gasteiger partial charge in [0.25, 0.3) is 0 Å². The predicted octanol–water partition coefficient (Wildman–Crippen LogP) is 5.03. The lowest BCUT2D eigenvalue weighted by atomic mass is 10.1. The maximum atomic E-state index is 12.9. The van der Waals surface area contributed by atoms with E-state index in [1.165, 1.54) is 0 Å². The number of anilines is 1. The number of para-hydroxylation sites is 3. The lowest BCUT2D eigenvalue weighted by Crippen LogP contribution is -2.24. The van der Waals surface area contributed by atoms with Crippen LogP contribution in [0.2, 0.25) is 0 Å². The lowest BCUT2D eigenvalue weighted by molar-refractivity contribution is -0.117. The number of amides is 1. The van der Waals surface area contributed by atoms with Crippen LogP contribution in [0.15, 0.2) is 78.9 Å². The van der Waals surface area contributed by atoms with Gasteiger partial charge in [0, 0.05) is 31.1 Å². The molecule has 1 amide bonds. The molecule has 1 atom stereocenters.